The van der Waals surface area contributed by atoms with Crippen molar-refractivity contribution < 1.29 is 9.50 Å². The van der Waals surface area contributed by atoms with E-state index < -0.39 is 5.82 Å². The van der Waals surface area contributed by atoms with Gasteiger partial charge in [-0.2, -0.15) is 5.26 Å². The van der Waals surface area contributed by atoms with Crippen molar-refractivity contribution in [1.29, 1.82) is 5.26 Å². The molecule has 0 aliphatic heterocycles. The Bertz CT molecular complexity index is 423. The number of rotatable bonds is 1. The molecule has 0 atom stereocenters. The molecule has 14 heavy (non-hydrogen) atoms. The molecule has 0 heterocycles. The van der Waals surface area contributed by atoms with Gasteiger partial charge in [-0.25, -0.2) is 4.39 Å². The normalized spacial score (nSPS) is 8.64. The van der Waals surface area contributed by atoms with Crippen LogP contribution < -0.4 is 0 Å². The molecule has 0 aromatic heterocycles. The van der Waals surface area contributed by atoms with Gasteiger partial charge >= 0.3 is 0 Å². The van der Waals surface area contributed by atoms with Crippen LogP contribution >= 0.6 is 0 Å². The van der Waals surface area contributed by atoms with Crippen molar-refractivity contribution >= 4 is 0 Å². The zero-order chi connectivity index (χ0) is 10.4. The van der Waals surface area contributed by atoms with Gasteiger partial charge < -0.3 is 5.11 Å². The van der Waals surface area contributed by atoms with Gasteiger partial charge in [0, 0.05) is 12.0 Å². The highest BCUT2D eigenvalue weighted by atomic mass is 19.1. The summed E-state index contributed by atoms with van der Waals surface area (Å²) in [6.07, 6.45) is 0.374. The van der Waals surface area contributed by atoms with Gasteiger partial charge in [0.15, 0.2) is 0 Å². The maximum atomic E-state index is 12.8. The minimum atomic E-state index is -0.541. The second kappa shape index (κ2) is 5.01. The number of nitriles is 1. The summed E-state index contributed by atoms with van der Waals surface area (Å²) < 4.78 is 12.8. The molecule has 0 saturated carbocycles. The number of aliphatic hydroxyl groups is 1. The van der Waals surface area contributed by atoms with Crippen molar-refractivity contribution in [3.8, 4) is 17.9 Å². The monoisotopic (exact) mass is 189 g/mol. The molecule has 0 amide bonds. The van der Waals surface area contributed by atoms with Gasteiger partial charge in [0.05, 0.1) is 12.2 Å². The third-order valence-electron chi connectivity index (χ3n) is 1.56. The average Bonchev–Trinajstić information content (AvgIpc) is 2.21. The summed E-state index contributed by atoms with van der Waals surface area (Å²) in [6, 6.07) is 5.83. The molecule has 0 aliphatic carbocycles. The van der Waals surface area contributed by atoms with Crippen LogP contribution in [0.1, 0.15) is 17.5 Å². The molecule has 0 aliphatic rings. The number of halogens is 1. The highest BCUT2D eigenvalue weighted by Gasteiger charge is 2.00. The molecule has 2 nitrogen and oxygen atoms in total. The quantitative estimate of drug-likeness (QED) is 0.679. The Balaban J connectivity index is 2.93. The van der Waals surface area contributed by atoms with Crippen molar-refractivity contribution in [1.82, 2.24) is 0 Å². The molecular weight excluding hydrogens is 181 g/mol. The Morgan fingerprint density at radius 3 is 2.86 bits per heavy atom. The molecule has 1 aromatic rings. The second-order valence-electron chi connectivity index (χ2n) is 2.58. The van der Waals surface area contributed by atoms with E-state index in [1.807, 2.05) is 0 Å². The Hall–Kier alpha value is -1.84. The number of aliphatic hydroxyl groups excluding tert-OH is 1. The van der Waals surface area contributed by atoms with Crippen LogP contribution in [0.2, 0.25) is 0 Å². The van der Waals surface area contributed by atoms with Crippen LogP contribution in [0.3, 0.4) is 0 Å². The average molecular weight is 189 g/mol. The summed E-state index contributed by atoms with van der Waals surface area (Å²) in [5, 5.41) is 17.0. The summed E-state index contributed by atoms with van der Waals surface area (Å²) in [5.41, 5.74) is 0.567. The predicted octanol–water partition coefficient (Wildman–Crippen LogP) is 1.43. The van der Waals surface area contributed by atoms with Gasteiger partial charge in [0.2, 0.25) is 0 Å². The first-order chi connectivity index (χ1) is 6.77. The Morgan fingerprint density at radius 1 is 1.43 bits per heavy atom. The highest BCUT2D eigenvalue weighted by Crippen LogP contribution is 2.08. The van der Waals surface area contributed by atoms with Crippen molar-refractivity contribution in [2.75, 3.05) is 6.61 Å². The first-order valence-electron chi connectivity index (χ1n) is 4.07. The molecule has 0 bridgehead atoms. The fraction of sp³-hybridized carbons (Fsp3) is 0.182. The largest absolute Gasteiger partial charge is 0.395 e. The van der Waals surface area contributed by atoms with Crippen molar-refractivity contribution in [3.63, 3.8) is 0 Å². The lowest BCUT2D eigenvalue weighted by Gasteiger charge is -1.93. The molecule has 0 saturated heterocycles. The van der Waals surface area contributed by atoms with E-state index in [0.29, 0.717) is 12.0 Å². The smallest absolute Gasteiger partial charge is 0.141 e. The van der Waals surface area contributed by atoms with Crippen LogP contribution in [0.5, 0.6) is 0 Å². The first-order valence-corrected chi connectivity index (χ1v) is 4.07. The van der Waals surface area contributed by atoms with E-state index in [1.54, 1.807) is 6.07 Å². The van der Waals surface area contributed by atoms with Gasteiger partial charge in [-0.15, -0.1) is 0 Å². The standard InChI is InChI=1S/C11H8FNO/c12-11-5-4-9(3-1-2-6-14)7-10(11)8-13/h4-5,7,14H,2,6H2. The maximum absolute atomic E-state index is 12.8. The van der Waals surface area contributed by atoms with E-state index >= 15 is 0 Å². The van der Waals surface area contributed by atoms with E-state index in [9.17, 15) is 4.39 Å². The molecule has 0 unspecified atom stereocenters. The van der Waals surface area contributed by atoms with Gasteiger partial charge in [-0.05, 0) is 18.2 Å². The number of benzene rings is 1. The van der Waals surface area contributed by atoms with Gasteiger partial charge in [0.1, 0.15) is 11.9 Å². The fourth-order valence-corrected chi connectivity index (χ4v) is 0.909. The Kier molecular flexibility index (Phi) is 3.67. The van der Waals surface area contributed by atoms with Crippen LogP contribution in [-0.4, -0.2) is 11.7 Å². The molecule has 70 valence electrons. The van der Waals surface area contributed by atoms with E-state index in [2.05, 4.69) is 11.8 Å². The third-order valence-corrected chi connectivity index (χ3v) is 1.56. The summed E-state index contributed by atoms with van der Waals surface area (Å²) >= 11 is 0. The zero-order valence-electron chi connectivity index (χ0n) is 7.42. The Morgan fingerprint density at radius 2 is 2.21 bits per heavy atom. The first kappa shape index (κ1) is 10.2. The van der Waals surface area contributed by atoms with Gasteiger partial charge in [-0.1, -0.05) is 11.8 Å². The molecule has 1 N–H and O–H groups in total. The molecule has 0 radical (unpaired) electrons. The predicted molar refractivity (Wildman–Crippen MR) is 49.7 cm³/mol. The highest BCUT2D eigenvalue weighted by molar-refractivity contribution is 5.42. The second-order valence-corrected chi connectivity index (χ2v) is 2.58. The van der Waals surface area contributed by atoms with E-state index in [-0.39, 0.29) is 12.2 Å². The fourth-order valence-electron chi connectivity index (χ4n) is 0.909. The molecule has 1 rings (SSSR count). The zero-order valence-corrected chi connectivity index (χ0v) is 7.42. The van der Waals surface area contributed by atoms with Crippen molar-refractivity contribution in [2.45, 2.75) is 6.42 Å². The minimum absolute atomic E-state index is 0.000693. The number of nitrogens with zero attached hydrogens (tertiary/aromatic N) is 1. The molecule has 3 heteroatoms. The van der Waals surface area contributed by atoms with Crippen molar-refractivity contribution in [2.24, 2.45) is 0 Å². The summed E-state index contributed by atoms with van der Waals surface area (Å²) in [4.78, 5) is 0. The number of hydrogen-bond acceptors (Lipinski definition) is 2. The molecule has 0 spiro atoms. The van der Waals surface area contributed by atoms with Gasteiger partial charge in [-0.3, -0.25) is 0 Å². The third kappa shape index (κ3) is 2.58. The molecule has 0 fully saturated rings. The molecule has 1 aromatic carbocycles. The van der Waals surface area contributed by atoms with Gasteiger partial charge in [0.25, 0.3) is 0 Å². The lowest BCUT2D eigenvalue weighted by atomic mass is 10.1. The summed E-state index contributed by atoms with van der Waals surface area (Å²) in [5.74, 6) is 4.87. The Labute approximate surface area is 81.6 Å². The topological polar surface area (TPSA) is 44.0 Å². The van der Waals surface area contributed by atoms with Crippen LogP contribution in [0, 0.1) is 29.0 Å². The summed E-state index contributed by atoms with van der Waals surface area (Å²) in [6.45, 7) is -0.000693. The van der Waals surface area contributed by atoms with Crippen LogP contribution in [0.15, 0.2) is 18.2 Å². The summed E-state index contributed by atoms with van der Waals surface area (Å²) in [7, 11) is 0. The van der Waals surface area contributed by atoms with Crippen LogP contribution in [-0.2, 0) is 0 Å². The molecular formula is C11H8FNO. The lowest BCUT2D eigenvalue weighted by Crippen LogP contribution is -1.85. The van der Waals surface area contributed by atoms with Crippen molar-refractivity contribution in [3.05, 3.63) is 35.1 Å². The van der Waals surface area contributed by atoms with Crippen LogP contribution in [0.4, 0.5) is 4.39 Å². The van der Waals surface area contributed by atoms with E-state index in [1.165, 1.54) is 18.2 Å². The maximum Gasteiger partial charge on any atom is 0.141 e. The SMILES string of the molecule is N#Cc1cc(C#CCCO)ccc1F. The van der Waals surface area contributed by atoms with Crippen LogP contribution in [0.25, 0.3) is 0 Å². The number of hydrogen-bond donors (Lipinski definition) is 1. The lowest BCUT2D eigenvalue weighted by molar-refractivity contribution is 0.305. The van der Waals surface area contributed by atoms with E-state index in [0.717, 1.165) is 0 Å². The minimum Gasteiger partial charge on any atom is -0.395 e. The van der Waals surface area contributed by atoms with E-state index in [4.69, 9.17) is 10.4 Å².